The van der Waals surface area contributed by atoms with E-state index in [1.165, 1.54) is 11.1 Å². The van der Waals surface area contributed by atoms with Gasteiger partial charge in [-0.2, -0.15) is 0 Å². The lowest BCUT2D eigenvalue weighted by molar-refractivity contribution is -0.123. The Labute approximate surface area is 202 Å². The molecule has 1 aromatic heterocycles. The molecule has 0 saturated carbocycles. The summed E-state index contributed by atoms with van der Waals surface area (Å²) in [6.07, 6.45) is 5.27. The molecule has 0 spiro atoms. The number of hydrogen-bond donors (Lipinski definition) is 1. The summed E-state index contributed by atoms with van der Waals surface area (Å²) in [5.74, 6) is 0.442. The molecule has 180 valence electrons. The highest BCUT2D eigenvalue weighted by atomic mass is 16.5. The Morgan fingerprint density at radius 2 is 1.76 bits per heavy atom. The minimum absolute atomic E-state index is 0.0849. The average molecular weight is 462 g/mol. The van der Waals surface area contributed by atoms with Gasteiger partial charge in [-0.3, -0.25) is 19.7 Å². The molecule has 1 aromatic carbocycles. The fourth-order valence-corrected chi connectivity index (χ4v) is 4.58. The van der Waals surface area contributed by atoms with E-state index in [2.05, 4.69) is 53.0 Å². The monoisotopic (exact) mass is 461 g/mol. The van der Waals surface area contributed by atoms with Crippen LogP contribution in [0.2, 0.25) is 0 Å². The molecule has 0 radical (unpaired) electrons. The molecule has 1 N–H and O–H groups in total. The molecule has 34 heavy (non-hydrogen) atoms. The third-order valence-electron chi connectivity index (χ3n) is 6.78. The van der Waals surface area contributed by atoms with Gasteiger partial charge >= 0.3 is 0 Å². The van der Waals surface area contributed by atoms with Crippen molar-refractivity contribution in [1.82, 2.24) is 14.8 Å². The smallest absolute Gasteiger partial charge is 0.269 e. The SMILES string of the molecule is CC(C)c1ccc(COC2CCN(C(C(=N)c3ccncc3)C3=NCCN(C)C3=O)CC2)cc1. The number of amides is 1. The van der Waals surface area contributed by atoms with Crippen molar-refractivity contribution in [2.45, 2.75) is 51.4 Å². The van der Waals surface area contributed by atoms with E-state index in [4.69, 9.17) is 10.1 Å². The fraction of sp³-hybridized carbons (Fsp3) is 0.481. The van der Waals surface area contributed by atoms with Gasteiger partial charge in [-0.25, -0.2) is 0 Å². The predicted molar refractivity (Wildman–Crippen MR) is 135 cm³/mol. The summed E-state index contributed by atoms with van der Waals surface area (Å²) < 4.78 is 6.23. The number of hydrogen-bond acceptors (Lipinski definition) is 6. The molecule has 7 heteroatoms. The van der Waals surface area contributed by atoms with Crippen molar-refractivity contribution in [3.05, 3.63) is 65.5 Å². The van der Waals surface area contributed by atoms with Crippen molar-refractivity contribution in [2.24, 2.45) is 4.99 Å². The lowest BCUT2D eigenvalue weighted by atomic mass is 9.94. The van der Waals surface area contributed by atoms with Gasteiger partial charge in [-0.15, -0.1) is 0 Å². The molecular formula is C27H35N5O2. The highest BCUT2D eigenvalue weighted by Gasteiger charge is 2.37. The Kier molecular flexibility index (Phi) is 7.85. The lowest BCUT2D eigenvalue weighted by Crippen LogP contribution is -2.56. The number of nitrogens with zero attached hydrogens (tertiary/aromatic N) is 4. The molecule has 7 nitrogen and oxygen atoms in total. The van der Waals surface area contributed by atoms with Gasteiger partial charge in [0, 0.05) is 44.6 Å². The van der Waals surface area contributed by atoms with Crippen LogP contribution in [-0.4, -0.2) is 77.5 Å². The van der Waals surface area contributed by atoms with E-state index in [0.717, 1.165) is 31.5 Å². The number of piperidine rings is 1. The summed E-state index contributed by atoms with van der Waals surface area (Å²) in [4.78, 5) is 25.6. The van der Waals surface area contributed by atoms with Crippen molar-refractivity contribution < 1.29 is 9.53 Å². The summed E-state index contributed by atoms with van der Waals surface area (Å²) in [7, 11) is 1.80. The highest BCUT2D eigenvalue weighted by Crippen LogP contribution is 2.22. The predicted octanol–water partition coefficient (Wildman–Crippen LogP) is 3.54. The van der Waals surface area contributed by atoms with E-state index in [9.17, 15) is 4.79 Å². The van der Waals surface area contributed by atoms with Crippen LogP contribution in [0, 0.1) is 5.41 Å². The van der Waals surface area contributed by atoms with Gasteiger partial charge in [-0.05, 0) is 42.0 Å². The molecule has 1 atom stereocenters. The van der Waals surface area contributed by atoms with Gasteiger partial charge in [0.15, 0.2) is 0 Å². The Morgan fingerprint density at radius 3 is 2.41 bits per heavy atom. The first kappa shape index (κ1) is 24.2. The lowest BCUT2D eigenvalue weighted by Gasteiger charge is -2.39. The second-order valence-electron chi connectivity index (χ2n) is 9.49. The number of ether oxygens (including phenoxy) is 1. The Bertz CT molecular complexity index is 1010. The van der Waals surface area contributed by atoms with Gasteiger partial charge in [0.05, 0.1) is 25.0 Å². The maximum Gasteiger partial charge on any atom is 0.269 e. The first-order chi connectivity index (χ1) is 16.4. The average Bonchev–Trinajstić information content (AvgIpc) is 2.87. The molecule has 0 aliphatic carbocycles. The number of aliphatic imine (C=N–C) groups is 1. The number of benzene rings is 1. The minimum Gasteiger partial charge on any atom is -0.373 e. The van der Waals surface area contributed by atoms with Gasteiger partial charge < -0.3 is 15.0 Å². The van der Waals surface area contributed by atoms with Crippen molar-refractivity contribution in [3.8, 4) is 0 Å². The van der Waals surface area contributed by atoms with E-state index >= 15 is 0 Å². The summed E-state index contributed by atoms with van der Waals surface area (Å²) in [6, 6.07) is 11.9. The summed E-state index contributed by atoms with van der Waals surface area (Å²) >= 11 is 0. The van der Waals surface area contributed by atoms with Crippen LogP contribution in [0.1, 0.15) is 49.3 Å². The number of rotatable bonds is 8. The third kappa shape index (κ3) is 5.59. The van der Waals surface area contributed by atoms with Gasteiger partial charge in [-0.1, -0.05) is 38.1 Å². The van der Waals surface area contributed by atoms with Gasteiger partial charge in [0.25, 0.3) is 5.91 Å². The van der Waals surface area contributed by atoms with Crippen molar-refractivity contribution in [2.75, 3.05) is 33.2 Å². The van der Waals surface area contributed by atoms with Crippen LogP contribution in [0.15, 0.2) is 53.8 Å². The number of pyridine rings is 1. The summed E-state index contributed by atoms with van der Waals surface area (Å²) in [5.41, 5.74) is 4.17. The molecule has 3 heterocycles. The van der Waals surface area contributed by atoms with E-state index < -0.39 is 6.04 Å². The van der Waals surface area contributed by atoms with Crippen LogP contribution in [0.3, 0.4) is 0 Å². The zero-order valence-corrected chi connectivity index (χ0v) is 20.4. The minimum atomic E-state index is -0.456. The molecule has 2 aliphatic heterocycles. The van der Waals surface area contributed by atoms with E-state index in [0.29, 0.717) is 37.0 Å². The maximum atomic E-state index is 13.0. The number of carbonyl (C=O) groups is 1. The number of likely N-dealkylation sites (tertiary alicyclic amines) is 1. The number of nitrogens with one attached hydrogen (secondary N) is 1. The van der Waals surface area contributed by atoms with E-state index in [1.807, 2.05) is 12.1 Å². The first-order valence-corrected chi connectivity index (χ1v) is 12.2. The van der Waals surface area contributed by atoms with Gasteiger partial charge in [0.1, 0.15) is 11.8 Å². The Balaban J connectivity index is 1.42. The van der Waals surface area contributed by atoms with Crippen LogP contribution in [0.4, 0.5) is 0 Å². The molecule has 2 aliphatic rings. The molecular weight excluding hydrogens is 426 g/mol. The standard InChI is InChI=1S/C27H35N5O2/c1-19(2)21-6-4-20(5-7-21)18-34-23-10-15-32(16-11-23)26(24(28)22-8-12-29-13-9-22)25-27(33)31(3)17-14-30-25/h4-9,12-13,19,23,26,28H,10-11,14-18H2,1-3H3. The molecule has 2 aromatic rings. The number of likely N-dealkylation sites (N-methyl/N-ethyl adjacent to an activating group) is 1. The Morgan fingerprint density at radius 1 is 1.09 bits per heavy atom. The topological polar surface area (TPSA) is 81.9 Å². The second-order valence-corrected chi connectivity index (χ2v) is 9.49. The van der Waals surface area contributed by atoms with Gasteiger partial charge in [0.2, 0.25) is 0 Å². The van der Waals surface area contributed by atoms with Crippen molar-refractivity contribution in [3.63, 3.8) is 0 Å². The van der Waals surface area contributed by atoms with Crippen molar-refractivity contribution >= 4 is 17.3 Å². The number of aromatic nitrogens is 1. The Hall–Kier alpha value is -2.90. The molecule has 1 fully saturated rings. The second kappa shape index (κ2) is 11.0. The highest BCUT2D eigenvalue weighted by molar-refractivity contribution is 6.46. The normalized spacial score (nSPS) is 18.8. The molecule has 1 amide bonds. The van der Waals surface area contributed by atoms with Crippen LogP contribution >= 0.6 is 0 Å². The maximum absolute atomic E-state index is 13.0. The van der Waals surface area contributed by atoms with E-state index in [1.54, 1.807) is 24.3 Å². The summed E-state index contributed by atoms with van der Waals surface area (Å²) in [6.45, 7) is 7.71. The number of carbonyl (C=O) groups excluding carboxylic acids is 1. The van der Waals surface area contributed by atoms with E-state index in [-0.39, 0.29) is 12.0 Å². The largest absolute Gasteiger partial charge is 0.373 e. The molecule has 1 saturated heterocycles. The fourth-order valence-electron chi connectivity index (χ4n) is 4.58. The zero-order chi connectivity index (χ0) is 24.1. The van der Waals surface area contributed by atoms with Crippen LogP contribution in [-0.2, 0) is 16.1 Å². The molecule has 1 unspecified atom stereocenters. The first-order valence-electron chi connectivity index (χ1n) is 12.2. The van der Waals surface area contributed by atoms with Crippen LogP contribution in [0.25, 0.3) is 0 Å². The zero-order valence-electron chi connectivity index (χ0n) is 20.4. The quantitative estimate of drug-likeness (QED) is 0.610. The van der Waals surface area contributed by atoms with Crippen LogP contribution < -0.4 is 0 Å². The van der Waals surface area contributed by atoms with Crippen LogP contribution in [0.5, 0.6) is 0 Å². The summed E-state index contributed by atoms with van der Waals surface area (Å²) in [5, 5.41) is 8.95. The molecule has 0 bridgehead atoms. The van der Waals surface area contributed by atoms with Crippen molar-refractivity contribution in [1.29, 1.82) is 5.41 Å². The molecule has 4 rings (SSSR count). The third-order valence-corrected chi connectivity index (χ3v) is 6.78.